The van der Waals surface area contributed by atoms with Crippen molar-refractivity contribution in [3.63, 3.8) is 0 Å². The Morgan fingerprint density at radius 1 is 1.13 bits per heavy atom. The minimum Gasteiger partial charge on any atom is -0.357 e. The number of anilines is 1. The number of likely N-dealkylation sites (N-methyl/N-ethyl adjacent to an activating group) is 1. The Balaban J connectivity index is 2.17. The molecule has 0 spiro atoms. The smallest absolute Gasteiger partial charge is 0.0710 e. The molecule has 0 bridgehead atoms. The zero-order valence-corrected chi connectivity index (χ0v) is 10.1. The maximum atomic E-state index is 2.43. The summed E-state index contributed by atoms with van der Waals surface area (Å²) in [5.41, 5.74) is 2.94. The van der Waals surface area contributed by atoms with Crippen LogP contribution in [-0.2, 0) is 0 Å². The van der Waals surface area contributed by atoms with E-state index < -0.39 is 0 Å². The molecule has 0 aliphatic carbocycles. The van der Waals surface area contributed by atoms with Gasteiger partial charge in [0.1, 0.15) is 0 Å². The lowest BCUT2D eigenvalue weighted by molar-refractivity contribution is 0.229. The molecule has 2 nitrogen and oxygen atoms in total. The van der Waals surface area contributed by atoms with Crippen molar-refractivity contribution in [1.82, 2.24) is 4.90 Å². The van der Waals surface area contributed by atoms with Gasteiger partial charge in [0.25, 0.3) is 0 Å². The Labute approximate surface area is 92.5 Å². The minimum absolute atomic E-state index is 0.283. The van der Waals surface area contributed by atoms with Gasteiger partial charge in [-0.2, -0.15) is 0 Å². The monoisotopic (exact) mass is 204 g/mol. The highest BCUT2D eigenvalue weighted by atomic mass is 15.4. The van der Waals surface area contributed by atoms with Crippen molar-refractivity contribution in [1.29, 1.82) is 0 Å². The van der Waals surface area contributed by atoms with E-state index in [1.165, 1.54) is 11.3 Å². The van der Waals surface area contributed by atoms with E-state index in [2.05, 4.69) is 61.9 Å². The summed E-state index contributed by atoms with van der Waals surface area (Å²) < 4.78 is 0. The third-order valence-corrected chi connectivity index (χ3v) is 3.39. The van der Waals surface area contributed by atoms with Gasteiger partial charge in [0, 0.05) is 17.8 Å². The standard InChI is InChI=1S/C13H20N2/c1-11-5-7-12(8-6-11)15-9-13(2,3)14(4)10-15/h5-8H,9-10H2,1-4H3. The van der Waals surface area contributed by atoms with Crippen LogP contribution in [0, 0.1) is 6.92 Å². The van der Waals surface area contributed by atoms with E-state index in [-0.39, 0.29) is 5.54 Å². The largest absolute Gasteiger partial charge is 0.357 e. The molecule has 0 radical (unpaired) electrons. The van der Waals surface area contributed by atoms with E-state index in [0.29, 0.717) is 0 Å². The van der Waals surface area contributed by atoms with Gasteiger partial charge in [-0.05, 0) is 40.0 Å². The summed E-state index contributed by atoms with van der Waals surface area (Å²) >= 11 is 0. The van der Waals surface area contributed by atoms with E-state index in [4.69, 9.17) is 0 Å². The van der Waals surface area contributed by atoms with Crippen molar-refractivity contribution in [2.75, 3.05) is 25.2 Å². The lowest BCUT2D eigenvalue weighted by Gasteiger charge is -2.24. The van der Waals surface area contributed by atoms with Gasteiger partial charge in [0.2, 0.25) is 0 Å². The Hall–Kier alpha value is -1.02. The summed E-state index contributed by atoms with van der Waals surface area (Å²) in [5, 5.41) is 0. The fraction of sp³-hybridized carbons (Fsp3) is 0.538. The topological polar surface area (TPSA) is 6.48 Å². The maximum Gasteiger partial charge on any atom is 0.0710 e. The Morgan fingerprint density at radius 3 is 2.20 bits per heavy atom. The number of aryl methyl sites for hydroxylation is 1. The van der Waals surface area contributed by atoms with Gasteiger partial charge in [-0.3, -0.25) is 4.90 Å². The van der Waals surface area contributed by atoms with Crippen LogP contribution in [-0.4, -0.2) is 30.7 Å². The van der Waals surface area contributed by atoms with Gasteiger partial charge in [-0.25, -0.2) is 0 Å². The molecule has 1 aromatic carbocycles. The average Bonchev–Trinajstić information content (AvgIpc) is 2.42. The Bertz CT molecular complexity index is 340. The molecule has 2 heteroatoms. The molecule has 1 fully saturated rings. The minimum atomic E-state index is 0.283. The second kappa shape index (κ2) is 3.53. The molecule has 1 heterocycles. The molecule has 0 N–H and O–H groups in total. The number of nitrogens with zero attached hydrogens (tertiary/aromatic N) is 2. The second-order valence-electron chi connectivity index (χ2n) is 5.19. The fourth-order valence-corrected chi connectivity index (χ4v) is 2.01. The van der Waals surface area contributed by atoms with Crippen LogP contribution in [0.1, 0.15) is 19.4 Å². The highest BCUT2D eigenvalue weighted by molar-refractivity contribution is 5.48. The van der Waals surface area contributed by atoms with Crippen LogP contribution < -0.4 is 4.90 Å². The van der Waals surface area contributed by atoms with Gasteiger partial charge in [-0.1, -0.05) is 17.7 Å². The van der Waals surface area contributed by atoms with Crippen LogP contribution in [0.5, 0.6) is 0 Å². The van der Waals surface area contributed by atoms with Crippen molar-refractivity contribution in [3.8, 4) is 0 Å². The molecule has 1 aliphatic heterocycles. The number of benzene rings is 1. The van der Waals surface area contributed by atoms with Gasteiger partial charge >= 0.3 is 0 Å². The van der Waals surface area contributed by atoms with Crippen molar-refractivity contribution < 1.29 is 0 Å². The summed E-state index contributed by atoms with van der Waals surface area (Å²) in [4.78, 5) is 4.83. The molecule has 82 valence electrons. The Morgan fingerprint density at radius 2 is 1.73 bits per heavy atom. The summed E-state index contributed by atoms with van der Waals surface area (Å²) in [6, 6.07) is 8.79. The zero-order valence-electron chi connectivity index (χ0n) is 10.1. The first-order chi connectivity index (χ1) is 6.99. The molecule has 0 unspecified atom stereocenters. The van der Waals surface area contributed by atoms with Gasteiger partial charge in [-0.15, -0.1) is 0 Å². The maximum absolute atomic E-state index is 2.43. The fourth-order valence-electron chi connectivity index (χ4n) is 2.01. The highest BCUT2D eigenvalue weighted by Gasteiger charge is 2.34. The molecule has 0 aromatic heterocycles. The lowest BCUT2D eigenvalue weighted by atomic mass is 10.1. The van der Waals surface area contributed by atoms with Crippen LogP contribution >= 0.6 is 0 Å². The van der Waals surface area contributed by atoms with Gasteiger partial charge < -0.3 is 4.90 Å². The van der Waals surface area contributed by atoms with Crippen LogP contribution in [0.2, 0.25) is 0 Å². The number of hydrogen-bond acceptors (Lipinski definition) is 2. The third kappa shape index (κ3) is 2.00. The third-order valence-electron chi connectivity index (χ3n) is 3.39. The molecule has 1 aromatic rings. The van der Waals surface area contributed by atoms with E-state index in [9.17, 15) is 0 Å². The first-order valence-electron chi connectivity index (χ1n) is 5.52. The summed E-state index contributed by atoms with van der Waals surface area (Å²) in [5.74, 6) is 0. The molecule has 1 aliphatic rings. The Kier molecular flexibility index (Phi) is 2.47. The number of hydrogen-bond donors (Lipinski definition) is 0. The van der Waals surface area contributed by atoms with Crippen LogP contribution in [0.3, 0.4) is 0 Å². The van der Waals surface area contributed by atoms with Crippen molar-refractivity contribution in [3.05, 3.63) is 29.8 Å². The molecule has 0 saturated carbocycles. The van der Waals surface area contributed by atoms with E-state index in [1.807, 2.05) is 0 Å². The normalized spacial score (nSPS) is 20.9. The van der Waals surface area contributed by atoms with E-state index >= 15 is 0 Å². The van der Waals surface area contributed by atoms with Gasteiger partial charge in [0.05, 0.1) is 6.67 Å². The summed E-state index contributed by atoms with van der Waals surface area (Å²) in [6.45, 7) is 8.84. The molecule has 2 rings (SSSR count). The summed E-state index contributed by atoms with van der Waals surface area (Å²) in [7, 11) is 2.19. The zero-order chi connectivity index (χ0) is 11.1. The van der Waals surface area contributed by atoms with Crippen molar-refractivity contribution >= 4 is 5.69 Å². The van der Waals surface area contributed by atoms with Crippen LogP contribution in [0.15, 0.2) is 24.3 Å². The van der Waals surface area contributed by atoms with Crippen LogP contribution in [0.25, 0.3) is 0 Å². The number of rotatable bonds is 1. The van der Waals surface area contributed by atoms with Gasteiger partial charge in [0.15, 0.2) is 0 Å². The first kappa shape index (κ1) is 10.5. The van der Waals surface area contributed by atoms with Crippen molar-refractivity contribution in [2.45, 2.75) is 26.3 Å². The molecular weight excluding hydrogens is 184 g/mol. The highest BCUT2D eigenvalue weighted by Crippen LogP contribution is 2.27. The average molecular weight is 204 g/mol. The lowest BCUT2D eigenvalue weighted by Crippen LogP contribution is -2.36. The predicted molar refractivity (Wildman–Crippen MR) is 65.2 cm³/mol. The molecular formula is C13H20N2. The molecule has 0 atom stereocenters. The first-order valence-corrected chi connectivity index (χ1v) is 5.52. The summed E-state index contributed by atoms with van der Waals surface area (Å²) in [6.07, 6.45) is 0. The van der Waals surface area contributed by atoms with Crippen LogP contribution in [0.4, 0.5) is 5.69 Å². The van der Waals surface area contributed by atoms with E-state index in [1.54, 1.807) is 0 Å². The second-order valence-corrected chi connectivity index (χ2v) is 5.19. The van der Waals surface area contributed by atoms with E-state index in [0.717, 1.165) is 13.2 Å². The molecule has 15 heavy (non-hydrogen) atoms. The quantitative estimate of drug-likeness (QED) is 0.693. The predicted octanol–water partition coefficient (Wildman–Crippen LogP) is 2.48. The molecule has 1 saturated heterocycles. The molecule has 0 amide bonds. The SMILES string of the molecule is Cc1ccc(N2CN(C)C(C)(C)C2)cc1. The van der Waals surface area contributed by atoms with Crippen molar-refractivity contribution in [2.24, 2.45) is 0 Å².